The van der Waals surface area contributed by atoms with E-state index in [-0.39, 0.29) is 46.5 Å². The number of rotatable bonds is 2. The van der Waals surface area contributed by atoms with Gasteiger partial charge in [0.05, 0.1) is 16.7 Å². The molecule has 1 aromatic rings. The number of benzene rings is 1. The van der Waals surface area contributed by atoms with Crippen molar-refractivity contribution in [1.82, 2.24) is 0 Å². The number of aryl methyl sites for hydroxylation is 2. The molecule has 3 fully saturated rings. The summed E-state index contributed by atoms with van der Waals surface area (Å²) in [7, 11) is 0. The first-order chi connectivity index (χ1) is 10.5. The molecular weight excluding hydrogens is 346 g/mol. The zero-order valence-electron chi connectivity index (χ0n) is 12.5. The highest BCUT2D eigenvalue weighted by Crippen LogP contribution is 2.60. The van der Waals surface area contributed by atoms with E-state index in [0.717, 1.165) is 23.2 Å². The minimum atomic E-state index is -0.278. The maximum atomic E-state index is 12.8. The van der Waals surface area contributed by atoms with Crippen molar-refractivity contribution in [2.75, 3.05) is 5.32 Å². The quantitative estimate of drug-likeness (QED) is 0.649. The fraction of sp³-hybridized carbons (Fsp3) is 0.529. The van der Waals surface area contributed by atoms with Crippen LogP contribution in [0.15, 0.2) is 18.2 Å². The van der Waals surface area contributed by atoms with Gasteiger partial charge in [-0.3, -0.25) is 9.59 Å². The average Bonchev–Trinajstić information content (AvgIpc) is 3.07. The highest BCUT2D eigenvalue weighted by atomic mass is 79.9. The topological polar surface area (TPSA) is 55.4 Å². The third kappa shape index (κ3) is 1.81. The second-order valence-corrected chi connectivity index (χ2v) is 7.77. The summed E-state index contributed by atoms with van der Waals surface area (Å²) in [6.07, 6.45) is 0.869. The number of amides is 1. The molecule has 2 bridgehead atoms. The fourth-order valence-corrected chi connectivity index (χ4v) is 5.59. The Morgan fingerprint density at radius 1 is 1.27 bits per heavy atom. The maximum Gasteiger partial charge on any atom is 0.310 e. The normalized spacial score (nSPS) is 38.2. The summed E-state index contributed by atoms with van der Waals surface area (Å²) in [5.74, 6) is -0.378. The first-order valence-electron chi connectivity index (χ1n) is 7.70. The zero-order chi connectivity index (χ0) is 15.6. The number of esters is 1. The summed E-state index contributed by atoms with van der Waals surface area (Å²) in [6, 6.07) is 5.94. The van der Waals surface area contributed by atoms with E-state index in [4.69, 9.17) is 4.74 Å². The number of nitrogens with one attached hydrogen (secondary N) is 1. The number of hydrogen-bond donors (Lipinski definition) is 1. The molecule has 0 radical (unpaired) electrons. The average molecular weight is 364 g/mol. The van der Waals surface area contributed by atoms with Crippen LogP contribution in [0.3, 0.4) is 0 Å². The van der Waals surface area contributed by atoms with Crippen LogP contribution in [-0.4, -0.2) is 22.8 Å². The number of fused-ring (bicyclic) bond motifs is 1. The number of halogens is 1. The Balaban J connectivity index is 1.63. The van der Waals surface area contributed by atoms with Gasteiger partial charge in [-0.05, 0) is 37.3 Å². The number of carbonyl (C=O) groups excluding carboxylic acids is 2. The number of alkyl halides is 1. The smallest absolute Gasteiger partial charge is 0.310 e. The maximum absolute atomic E-state index is 12.8. The third-order valence-electron chi connectivity index (χ3n) is 5.56. The van der Waals surface area contributed by atoms with E-state index in [9.17, 15) is 9.59 Å². The van der Waals surface area contributed by atoms with E-state index in [2.05, 4.69) is 21.2 Å². The molecule has 4 nitrogen and oxygen atoms in total. The van der Waals surface area contributed by atoms with Gasteiger partial charge < -0.3 is 10.1 Å². The summed E-state index contributed by atoms with van der Waals surface area (Å²) in [5.41, 5.74) is 2.95. The lowest BCUT2D eigenvalue weighted by molar-refractivity contribution is -0.145. The molecule has 5 heteroatoms. The molecule has 6 atom stereocenters. The number of hydrogen-bond acceptors (Lipinski definition) is 3. The second kappa shape index (κ2) is 4.82. The lowest BCUT2D eigenvalue weighted by Gasteiger charge is -2.28. The summed E-state index contributed by atoms with van der Waals surface area (Å²) in [4.78, 5) is 25.1. The molecule has 1 amide bonds. The Labute approximate surface area is 137 Å². The van der Waals surface area contributed by atoms with Gasteiger partial charge in [-0.25, -0.2) is 0 Å². The molecule has 1 heterocycles. The van der Waals surface area contributed by atoms with Crippen LogP contribution in [0.5, 0.6) is 0 Å². The van der Waals surface area contributed by atoms with Crippen LogP contribution < -0.4 is 5.32 Å². The molecule has 116 valence electrons. The van der Waals surface area contributed by atoms with Gasteiger partial charge >= 0.3 is 5.97 Å². The van der Waals surface area contributed by atoms with E-state index in [0.29, 0.717) is 0 Å². The second-order valence-electron chi connectivity index (χ2n) is 6.72. The lowest BCUT2D eigenvalue weighted by atomic mass is 9.79. The highest BCUT2D eigenvalue weighted by molar-refractivity contribution is 9.09. The van der Waals surface area contributed by atoms with Crippen LogP contribution >= 0.6 is 15.9 Å². The number of para-hydroxylation sites is 1. The van der Waals surface area contributed by atoms with E-state index < -0.39 is 0 Å². The fourth-order valence-electron chi connectivity index (χ4n) is 4.55. The van der Waals surface area contributed by atoms with E-state index >= 15 is 0 Å². The predicted molar refractivity (Wildman–Crippen MR) is 85.7 cm³/mol. The molecule has 0 spiro atoms. The van der Waals surface area contributed by atoms with Crippen molar-refractivity contribution in [2.45, 2.75) is 31.2 Å². The molecule has 22 heavy (non-hydrogen) atoms. The molecular formula is C17H18BrNO3. The van der Waals surface area contributed by atoms with Crippen molar-refractivity contribution in [1.29, 1.82) is 0 Å². The SMILES string of the molecule is Cc1cccc(C)c1NC(=O)[C@@H]1[C@H]2C[C@H]3[C@H](OC(=O)[C@H]31)[C@@H]2Br. The summed E-state index contributed by atoms with van der Waals surface area (Å²) >= 11 is 3.64. The van der Waals surface area contributed by atoms with Gasteiger partial charge in [-0.2, -0.15) is 0 Å². The summed E-state index contributed by atoms with van der Waals surface area (Å²) in [6.45, 7) is 3.97. The molecule has 1 saturated heterocycles. The van der Waals surface area contributed by atoms with E-state index in [1.807, 2.05) is 32.0 Å². The van der Waals surface area contributed by atoms with Crippen molar-refractivity contribution in [3.8, 4) is 0 Å². The molecule has 1 aromatic carbocycles. The minimum Gasteiger partial charge on any atom is -0.461 e. The van der Waals surface area contributed by atoms with Gasteiger partial charge in [0.1, 0.15) is 6.10 Å². The molecule has 4 rings (SSSR count). The van der Waals surface area contributed by atoms with Crippen LogP contribution in [0.1, 0.15) is 17.5 Å². The van der Waals surface area contributed by atoms with Crippen LogP contribution in [0.4, 0.5) is 5.69 Å². The largest absolute Gasteiger partial charge is 0.461 e. The molecule has 0 aromatic heterocycles. The van der Waals surface area contributed by atoms with Gasteiger partial charge in [-0.15, -0.1) is 0 Å². The van der Waals surface area contributed by atoms with Gasteiger partial charge in [0, 0.05) is 11.6 Å². The Morgan fingerprint density at radius 3 is 2.64 bits per heavy atom. The number of anilines is 1. The van der Waals surface area contributed by atoms with Crippen molar-refractivity contribution in [2.24, 2.45) is 23.7 Å². The highest BCUT2D eigenvalue weighted by Gasteiger charge is 2.67. The molecule has 0 unspecified atom stereocenters. The molecule has 1 N–H and O–H groups in total. The molecule has 2 saturated carbocycles. The minimum absolute atomic E-state index is 0.0354. The molecule has 3 aliphatic rings. The summed E-state index contributed by atoms with van der Waals surface area (Å²) in [5, 5.41) is 3.06. The van der Waals surface area contributed by atoms with Gasteiger partial charge in [-0.1, -0.05) is 34.1 Å². The van der Waals surface area contributed by atoms with E-state index in [1.54, 1.807) is 0 Å². The van der Waals surface area contributed by atoms with Crippen LogP contribution in [-0.2, 0) is 14.3 Å². The standard InChI is InChI=1S/C17H18BrNO3/c1-7-4-3-5-8(2)14(7)19-16(20)11-9-6-10-12(11)17(21)22-15(10)13(9)18/h3-5,9-13,15H,6H2,1-2H3,(H,19,20)/t9-,10-,11-,12-,13-,15+/m1/s1. The van der Waals surface area contributed by atoms with Crippen LogP contribution in [0, 0.1) is 37.5 Å². The van der Waals surface area contributed by atoms with Crippen molar-refractivity contribution in [3.63, 3.8) is 0 Å². The van der Waals surface area contributed by atoms with Gasteiger partial charge in [0.25, 0.3) is 0 Å². The molecule has 1 aliphatic heterocycles. The Hall–Kier alpha value is -1.36. The summed E-state index contributed by atoms with van der Waals surface area (Å²) < 4.78 is 5.46. The zero-order valence-corrected chi connectivity index (χ0v) is 14.1. The third-order valence-corrected chi connectivity index (χ3v) is 6.76. The van der Waals surface area contributed by atoms with Crippen molar-refractivity contribution < 1.29 is 14.3 Å². The number of ether oxygens (including phenoxy) is 1. The Kier molecular flexibility index (Phi) is 3.12. The number of carbonyl (C=O) groups is 2. The van der Waals surface area contributed by atoms with E-state index in [1.165, 1.54) is 0 Å². The van der Waals surface area contributed by atoms with Gasteiger partial charge in [0.2, 0.25) is 5.91 Å². The van der Waals surface area contributed by atoms with Gasteiger partial charge in [0.15, 0.2) is 0 Å². The van der Waals surface area contributed by atoms with Crippen LogP contribution in [0.25, 0.3) is 0 Å². The van der Waals surface area contributed by atoms with Crippen molar-refractivity contribution >= 4 is 33.5 Å². The Bertz CT molecular complexity index is 654. The lowest BCUT2D eigenvalue weighted by Crippen LogP contribution is -2.40. The first-order valence-corrected chi connectivity index (χ1v) is 8.62. The van der Waals surface area contributed by atoms with Crippen molar-refractivity contribution in [3.05, 3.63) is 29.3 Å². The monoisotopic (exact) mass is 363 g/mol. The first kappa shape index (κ1) is 14.2. The molecule has 2 aliphatic carbocycles. The Morgan fingerprint density at radius 2 is 1.95 bits per heavy atom. The predicted octanol–water partition coefficient (Wildman–Crippen LogP) is 2.81. The van der Waals surface area contributed by atoms with Crippen LogP contribution in [0.2, 0.25) is 0 Å².